The van der Waals surface area contributed by atoms with Gasteiger partial charge in [0.2, 0.25) is 5.91 Å². The van der Waals surface area contributed by atoms with Crippen molar-refractivity contribution in [3.63, 3.8) is 0 Å². The van der Waals surface area contributed by atoms with E-state index in [9.17, 15) is 14.4 Å². The van der Waals surface area contributed by atoms with Crippen LogP contribution in [-0.2, 0) is 16.1 Å². The minimum Gasteiger partial charge on any atom is -0.465 e. The van der Waals surface area contributed by atoms with E-state index in [0.717, 1.165) is 10.0 Å². The smallest absolute Gasteiger partial charge is 0.337 e. The normalized spacial score (nSPS) is 10.0. The largest absolute Gasteiger partial charge is 0.465 e. The molecule has 2 aromatic rings. The first-order chi connectivity index (χ1) is 12.0. The highest BCUT2D eigenvalue weighted by molar-refractivity contribution is 9.10. The number of esters is 1. The molecule has 0 spiro atoms. The Hall–Kier alpha value is -2.67. The quantitative estimate of drug-likeness (QED) is 0.723. The van der Waals surface area contributed by atoms with Crippen molar-refractivity contribution < 1.29 is 19.1 Å². The van der Waals surface area contributed by atoms with Gasteiger partial charge in [0, 0.05) is 16.6 Å². The first-order valence-electron chi connectivity index (χ1n) is 7.47. The third-order valence-electron chi connectivity index (χ3n) is 3.36. The zero-order valence-electron chi connectivity index (χ0n) is 13.5. The van der Waals surface area contributed by atoms with Gasteiger partial charge in [-0.2, -0.15) is 0 Å². The lowest BCUT2D eigenvalue weighted by Crippen LogP contribution is -2.36. The molecule has 2 aromatic carbocycles. The first-order valence-corrected chi connectivity index (χ1v) is 8.26. The van der Waals surface area contributed by atoms with Crippen LogP contribution in [0.15, 0.2) is 53.0 Å². The summed E-state index contributed by atoms with van der Waals surface area (Å²) in [5, 5.41) is 5.26. The molecule has 7 heteroatoms. The molecule has 0 radical (unpaired) electrons. The highest BCUT2D eigenvalue weighted by Gasteiger charge is 2.09. The number of hydrogen-bond acceptors (Lipinski definition) is 4. The summed E-state index contributed by atoms with van der Waals surface area (Å²) >= 11 is 3.29. The molecular formula is C18H17BrN2O4. The molecular weight excluding hydrogens is 388 g/mol. The first kappa shape index (κ1) is 18.7. The van der Waals surface area contributed by atoms with Gasteiger partial charge in [0.05, 0.1) is 19.2 Å². The predicted octanol–water partition coefficient (Wildman–Crippen LogP) is 2.28. The third kappa shape index (κ3) is 5.72. The molecule has 2 rings (SSSR count). The summed E-state index contributed by atoms with van der Waals surface area (Å²) in [6, 6.07) is 13.6. The van der Waals surface area contributed by atoms with Crippen LogP contribution in [0.5, 0.6) is 0 Å². The van der Waals surface area contributed by atoms with E-state index < -0.39 is 5.97 Å². The molecule has 0 saturated carbocycles. The number of hydrogen-bond donors (Lipinski definition) is 2. The SMILES string of the molecule is COC(=O)c1ccc(CNC(=O)CNC(=O)c2cccc(Br)c2)cc1. The van der Waals surface area contributed by atoms with Gasteiger partial charge in [0.1, 0.15) is 0 Å². The van der Waals surface area contributed by atoms with Crippen molar-refractivity contribution in [2.24, 2.45) is 0 Å². The topological polar surface area (TPSA) is 84.5 Å². The highest BCUT2D eigenvalue weighted by Crippen LogP contribution is 2.11. The van der Waals surface area contributed by atoms with Crippen LogP contribution in [0.25, 0.3) is 0 Å². The van der Waals surface area contributed by atoms with Gasteiger partial charge in [0.15, 0.2) is 0 Å². The van der Waals surface area contributed by atoms with Crippen molar-refractivity contribution in [1.82, 2.24) is 10.6 Å². The second-order valence-electron chi connectivity index (χ2n) is 5.16. The summed E-state index contributed by atoms with van der Waals surface area (Å²) in [4.78, 5) is 35.1. The second kappa shape index (κ2) is 8.98. The number of ether oxygens (including phenoxy) is 1. The Morgan fingerprint density at radius 3 is 2.36 bits per heavy atom. The summed E-state index contributed by atoms with van der Waals surface area (Å²) in [5.41, 5.74) is 1.75. The number of amides is 2. The van der Waals surface area contributed by atoms with Crippen LogP contribution >= 0.6 is 15.9 Å². The molecule has 2 amide bonds. The van der Waals surface area contributed by atoms with Gasteiger partial charge in [0.25, 0.3) is 5.91 Å². The van der Waals surface area contributed by atoms with Crippen molar-refractivity contribution in [2.75, 3.05) is 13.7 Å². The van der Waals surface area contributed by atoms with E-state index >= 15 is 0 Å². The lowest BCUT2D eigenvalue weighted by molar-refractivity contribution is -0.120. The van der Waals surface area contributed by atoms with Crippen molar-refractivity contribution in [1.29, 1.82) is 0 Å². The Morgan fingerprint density at radius 2 is 1.72 bits per heavy atom. The van der Waals surface area contributed by atoms with Gasteiger partial charge in [-0.1, -0.05) is 34.1 Å². The fourth-order valence-electron chi connectivity index (χ4n) is 2.03. The zero-order valence-corrected chi connectivity index (χ0v) is 15.1. The standard InChI is InChI=1S/C18H17BrN2O4/c1-25-18(24)13-7-5-12(6-8-13)10-20-16(22)11-21-17(23)14-3-2-4-15(19)9-14/h2-9H,10-11H2,1H3,(H,20,22)(H,21,23). The van der Waals surface area contributed by atoms with Gasteiger partial charge in [-0.15, -0.1) is 0 Å². The highest BCUT2D eigenvalue weighted by atomic mass is 79.9. The van der Waals surface area contributed by atoms with E-state index in [1.165, 1.54) is 7.11 Å². The van der Waals surface area contributed by atoms with Gasteiger partial charge in [-0.3, -0.25) is 9.59 Å². The summed E-state index contributed by atoms with van der Waals surface area (Å²) in [5.74, 6) is -1.04. The van der Waals surface area contributed by atoms with Crippen LogP contribution in [0.3, 0.4) is 0 Å². The van der Waals surface area contributed by atoms with Crippen LogP contribution in [0, 0.1) is 0 Å². The Balaban J connectivity index is 1.79. The number of halogens is 1. The number of benzene rings is 2. The monoisotopic (exact) mass is 404 g/mol. The average Bonchev–Trinajstić information content (AvgIpc) is 2.64. The van der Waals surface area contributed by atoms with Crippen molar-refractivity contribution in [3.8, 4) is 0 Å². The molecule has 130 valence electrons. The van der Waals surface area contributed by atoms with Crippen molar-refractivity contribution >= 4 is 33.7 Å². The molecule has 0 heterocycles. The Morgan fingerprint density at radius 1 is 1.00 bits per heavy atom. The Bertz CT molecular complexity index is 775. The number of carbonyl (C=O) groups is 3. The summed E-state index contributed by atoms with van der Waals surface area (Å²) in [7, 11) is 1.32. The maximum atomic E-state index is 11.9. The predicted molar refractivity (Wildman–Crippen MR) is 96.1 cm³/mol. The molecule has 0 bridgehead atoms. The fraction of sp³-hybridized carbons (Fsp3) is 0.167. The second-order valence-corrected chi connectivity index (χ2v) is 6.07. The van der Waals surface area contributed by atoms with E-state index in [0.29, 0.717) is 17.7 Å². The lowest BCUT2D eigenvalue weighted by atomic mass is 10.1. The number of methoxy groups -OCH3 is 1. The minimum atomic E-state index is -0.411. The van der Waals surface area contributed by atoms with E-state index in [2.05, 4.69) is 31.3 Å². The Labute approximate surface area is 153 Å². The fourth-order valence-corrected chi connectivity index (χ4v) is 2.43. The van der Waals surface area contributed by atoms with Crippen molar-refractivity contribution in [2.45, 2.75) is 6.54 Å². The molecule has 0 saturated heterocycles. The van der Waals surface area contributed by atoms with Crippen LogP contribution in [0.4, 0.5) is 0 Å². The third-order valence-corrected chi connectivity index (χ3v) is 3.85. The number of nitrogens with one attached hydrogen (secondary N) is 2. The maximum Gasteiger partial charge on any atom is 0.337 e. The molecule has 0 aliphatic heterocycles. The lowest BCUT2D eigenvalue weighted by Gasteiger charge is -2.08. The molecule has 6 nitrogen and oxygen atoms in total. The van der Waals surface area contributed by atoms with Gasteiger partial charge in [-0.05, 0) is 35.9 Å². The number of carbonyl (C=O) groups excluding carboxylic acids is 3. The van der Waals surface area contributed by atoms with Gasteiger partial charge in [-0.25, -0.2) is 4.79 Å². The number of rotatable bonds is 6. The van der Waals surface area contributed by atoms with E-state index in [1.54, 1.807) is 42.5 Å². The van der Waals surface area contributed by atoms with Crippen LogP contribution < -0.4 is 10.6 Å². The minimum absolute atomic E-state index is 0.119. The van der Waals surface area contributed by atoms with Crippen LogP contribution in [0.1, 0.15) is 26.3 Å². The molecule has 25 heavy (non-hydrogen) atoms. The van der Waals surface area contributed by atoms with E-state index in [4.69, 9.17) is 0 Å². The molecule has 0 aromatic heterocycles. The molecule has 0 aliphatic rings. The summed E-state index contributed by atoms with van der Waals surface area (Å²) in [6.45, 7) is 0.179. The van der Waals surface area contributed by atoms with Gasteiger partial charge < -0.3 is 15.4 Å². The maximum absolute atomic E-state index is 11.9. The average molecular weight is 405 g/mol. The van der Waals surface area contributed by atoms with Crippen molar-refractivity contribution in [3.05, 3.63) is 69.7 Å². The Kier molecular flexibility index (Phi) is 6.71. The molecule has 2 N–H and O–H groups in total. The van der Waals surface area contributed by atoms with Crippen LogP contribution in [0.2, 0.25) is 0 Å². The molecule has 0 unspecified atom stereocenters. The van der Waals surface area contributed by atoms with Gasteiger partial charge >= 0.3 is 5.97 Å². The van der Waals surface area contributed by atoms with E-state index in [1.807, 2.05) is 6.07 Å². The van der Waals surface area contributed by atoms with E-state index in [-0.39, 0.29) is 18.4 Å². The summed E-state index contributed by atoms with van der Waals surface area (Å²) < 4.78 is 5.41. The molecule has 0 atom stereocenters. The van der Waals surface area contributed by atoms with Crippen LogP contribution in [-0.4, -0.2) is 31.4 Å². The molecule has 0 aliphatic carbocycles. The summed E-state index contributed by atoms with van der Waals surface area (Å²) in [6.07, 6.45) is 0. The molecule has 0 fully saturated rings. The zero-order chi connectivity index (χ0) is 18.2.